The zero-order valence-corrected chi connectivity index (χ0v) is 16.7. The van der Waals surface area contributed by atoms with Crippen molar-refractivity contribution in [3.05, 3.63) is 48.1 Å². The van der Waals surface area contributed by atoms with Gasteiger partial charge in [-0.3, -0.25) is 9.59 Å². The van der Waals surface area contributed by atoms with Crippen molar-refractivity contribution in [2.24, 2.45) is 28.6 Å². The highest BCUT2D eigenvalue weighted by Crippen LogP contribution is 2.69. The van der Waals surface area contributed by atoms with Crippen LogP contribution in [0, 0.1) is 28.6 Å². The summed E-state index contributed by atoms with van der Waals surface area (Å²) in [6.07, 6.45) is 5.69. The van der Waals surface area contributed by atoms with Gasteiger partial charge < -0.3 is 5.11 Å². The van der Waals surface area contributed by atoms with Crippen LogP contribution in [-0.2, 0) is 9.59 Å². The van der Waals surface area contributed by atoms with Crippen molar-refractivity contribution in [3.8, 4) is 0 Å². The van der Waals surface area contributed by atoms with E-state index < -0.39 is 5.60 Å². The maximum Gasteiger partial charge on any atom is 0.185 e. The minimum atomic E-state index is -1.22. The monoisotopic (exact) mass is 366 g/mol. The number of rotatable bonds is 1. The number of carbonyl (C=O) groups excluding carboxylic acids is 2. The number of Topliss-reactive ketones (excluding diaryl/α,β-unsaturated/α-hetero) is 1. The number of hydrogen-bond donors (Lipinski definition) is 1. The Bertz CT molecular complexity index is 846. The molecular formula is C24H30O3. The highest BCUT2D eigenvalue weighted by atomic mass is 16.3. The maximum absolute atomic E-state index is 12.4. The smallest absolute Gasteiger partial charge is 0.185 e. The van der Waals surface area contributed by atoms with Gasteiger partial charge in [-0.05, 0) is 74.0 Å². The maximum atomic E-state index is 12.4. The molecule has 4 aliphatic rings. The molecule has 0 spiro atoms. The Morgan fingerprint density at radius 2 is 1.78 bits per heavy atom. The molecule has 0 unspecified atom stereocenters. The molecule has 0 saturated heterocycles. The van der Waals surface area contributed by atoms with Gasteiger partial charge in [-0.25, -0.2) is 0 Å². The molecule has 27 heavy (non-hydrogen) atoms. The second-order valence-electron chi connectivity index (χ2n) is 9.68. The number of ketones is 2. The fourth-order valence-corrected chi connectivity index (χ4v) is 7.16. The molecule has 0 aromatic rings. The lowest BCUT2D eigenvalue weighted by molar-refractivity contribution is -0.158. The Morgan fingerprint density at radius 3 is 2.41 bits per heavy atom. The molecule has 3 fully saturated rings. The van der Waals surface area contributed by atoms with Crippen LogP contribution in [0.5, 0.6) is 0 Å². The third-order valence-corrected chi connectivity index (χ3v) is 8.90. The van der Waals surface area contributed by atoms with E-state index >= 15 is 0 Å². The Labute approximate surface area is 161 Å². The molecule has 0 amide bonds. The van der Waals surface area contributed by atoms with Crippen LogP contribution < -0.4 is 0 Å². The largest absolute Gasteiger partial charge is 0.382 e. The molecular weight excluding hydrogens is 336 g/mol. The summed E-state index contributed by atoms with van der Waals surface area (Å²) in [5, 5.41) is 11.2. The second kappa shape index (κ2) is 5.41. The van der Waals surface area contributed by atoms with Crippen molar-refractivity contribution in [3.63, 3.8) is 0 Å². The minimum absolute atomic E-state index is 0.0560. The Hall–Kier alpha value is -1.74. The fourth-order valence-electron chi connectivity index (χ4n) is 7.16. The quantitative estimate of drug-likeness (QED) is 0.703. The van der Waals surface area contributed by atoms with E-state index in [1.165, 1.54) is 6.92 Å². The average molecular weight is 367 g/mol. The van der Waals surface area contributed by atoms with Crippen molar-refractivity contribution >= 4 is 11.6 Å². The van der Waals surface area contributed by atoms with E-state index in [2.05, 4.69) is 33.6 Å². The van der Waals surface area contributed by atoms with Crippen LogP contribution in [0.4, 0.5) is 0 Å². The zero-order chi connectivity index (χ0) is 19.9. The normalized spacial score (nSPS) is 46.5. The lowest BCUT2D eigenvalue weighted by Gasteiger charge is -2.59. The summed E-state index contributed by atoms with van der Waals surface area (Å²) in [4.78, 5) is 24.7. The molecule has 144 valence electrons. The van der Waals surface area contributed by atoms with Gasteiger partial charge in [0, 0.05) is 16.4 Å². The van der Waals surface area contributed by atoms with Crippen molar-refractivity contribution < 1.29 is 14.7 Å². The van der Waals surface area contributed by atoms with Crippen molar-refractivity contribution in [2.45, 2.75) is 58.5 Å². The van der Waals surface area contributed by atoms with Gasteiger partial charge in [-0.2, -0.15) is 0 Å². The molecule has 3 heteroatoms. The number of allylic oxidation sites excluding steroid dienone is 4. The van der Waals surface area contributed by atoms with Gasteiger partial charge in [-0.15, -0.1) is 0 Å². The van der Waals surface area contributed by atoms with Crippen LogP contribution in [-0.4, -0.2) is 22.3 Å². The predicted molar refractivity (Wildman–Crippen MR) is 106 cm³/mol. The van der Waals surface area contributed by atoms with Crippen LogP contribution in [0.2, 0.25) is 0 Å². The summed E-state index contributed by atoms with van der Waals surface area (Å²) in [5.74, 6) is 0.787. The topological polar surface area (TPSA) is 54.4 Å². The first-order valence-corrected chi connectivity index (χ1v) is 10.0. The summed E-state index contributed by atoms with van der Waals surface area (Å²) < 4.78 is 0. The van der Waals surface area contributed by atoms with Crippen LogP contribution in [0.1, 0.15) is 52.9 Å². The highest BCUT2D eigenvalue weighted by Gasteiger charge is 2.66. The first kappa shape index (κ1) is 18.6. The van der Waals surface area contributed by atoms with Gasteiger partial charge in [0.15, 0.2) is 11.6 Å². The molecule has 4 aliphatic carbocycles. The standard InChI is InChI=1S/C24H30O3/c1-13-11-17-18-8-10-24(27,16(4)25)22(18,5)9-7-19(17)23(6)15(3)14(2)21(26)12-20(13)23/h12,17-19,27H,1-3,7-11H2,4-6H3/t17-,18-,19-,22-,23+,24-/m0/s1. The van der Waals surface area contributed by atoms with Gasteiger partial charge >= 0.3 is 0 Å². The number of aliphatic hydroxyl groups is 1. The van der Waals surface area contributed by atoms with E-state index in [1.807, 2.05) is 0 Å². The van der Waals surface area contributed by atoms with Crippen molar-refractivity contribution in [1.29, 1.82) is 0 Å². The van der Waals surface area contributed by atoms with Gasteiger partial charge in [0.2, 0.25) is 0 Å². The summed E-state index contributed by atoms with van der Waals surface area (Å²) in [5.41, 5.74) is 1.42. The van der Waals surface area contributed by atoms with Gasteiger partial charge in [0.05, 0.1) is 0 Å². The molecule has 3 saturated carbocycles. The first-order valence-electron chi connectivity index (χ1n) is 10.0. The molecule has 0 bridgehead atoms. The first-order chi connectivity index (χ1) is 12.5. The molecule has 0 aromatic carbocycles. The third kappa shape index (κ3) is 2.01. The Morgan fingerprint density at radius 1 is 1.15 bits per heavy atom. The number of hydrogen-bond acceptors (Lipinski definition) is 3. The summed E-state index contributed by atoms with van der Waals surface area (Å²) in [6, 6.07) is 0. The number of fused-ring (bicyclic) bond motifs is 5. The van der Waals surface area contributed by atoms with Crippen LogP contribution in [0.15, 0.2) is 48.1 Å². The molecule has 6 atom stereocenters. The van der Waals surface area contributed by atoms with E-state index in [-0.39, 0.29) is 28.3 Å². The third-order valence-electron chi connectivity index (χ3n) is 8.90. The molecule has 3 nitrogen and oxygen atoms in total. The number of carbonyl (C=O) groups is 2. The van der Waals surface area contributed by atoms with E-state index in [1.54, 1.807) is 6.08 Å². The van der Waals surface area contributed by atoms with Gasteiger partial charge in [-0.1, -0.05) is 39.2 Å². The summed E-state index contributed by atoms with van der Waals surface area (Å²) in [6.45, 7) is 18.4. The van der Waals surface area contributed by atoms with Crippen LogP contribution in [0.25, 0.3) is 0 Å². The summed E-state index contributed by atoms with van der Waals surface area (Å²) in [7, 11) is 0. The van der Waals surface area contributed by atoms with Gasteiger partial charge in [0.25, 0.3) is 0 Å². The van der Waals surface area contributed by atoms with Crippen molar-refractivity contribution in [2.75, 3.05) is 0 Å². The Kier molecular flexibility index (Phi) is 3.73. The summed E-state index contributed by atoms with van der Waals surface area (Å²) >= 11 is 0. The minimum Gasteiger partial charge on any atom is -0.382 e. The van der Waals surface area contributed by atoms with E-state index in [0.717, 1.165) is 42.4 Å². The highest BCUT2D eigenvalue weighted by molar-refractivity contribution is 6.09. The molecule has 0 radical (unpaired) electrons. The van der Waals surface area contributed by atoms with Gasteiger partial charge in [0.1, 0.15) is 5.60 Å². The zero-order valence-electron chi connectivity index (χ0n) is 16.7. The molecule has 1 N–H and O–H groups in total. The van der Waals surface area contributed by atoms with Crippen LogP contribution in [0.3, 0.4) is 0 Å². The predicted octanol–water partition coefficient (Wildman–Crippen LogP) is 4.34. The van der Waals surface area contributed by atoms with E-state index in [4.69, 9.17) is 0 Å². The molecule has 4 rings (SSSR count). The lowest BCUT2D eigenvalue weighted by atomic mass is 9.44. The average Bonchev–Trinajstić information content (AvgIpc) is 2.89. The van der Waals surface area contributed by atoms with E-state index in [9.17, 15) is 14.7 Å². The Balaban J connectivity index is 1.81. The molecule has 0 aromatic heterocycles. The van der Waals surface area contributed by atoms with Crippen molar-refractivity contribution in [1.82, 2.24) is 0 Å². The lowest BCUT2D eigenvalue weighted by Crippen LogP contribution is -2.57. The molecule has 0 heterocycles. The fraction of sp³-hybridized carbons (Fsp3) is 0.583. The molecule has 0 aliphatic heterocycles. The van der Waals surface area contributed by atoms with E-state index in [0.29, 0.717) is 23.8 Å². The van der Waals surface area contributed by atoms with Crippen LogP contribution >= 0.6 is 0 Å². The second-order valence-corrected chi connectivity index (χ2v) is 9.68. The SMILES string of the molecule is C=C1C[C@@H]2[C@H](CC[C@@]3(C)[C@H]2CC[C@]3(O)C(C)=O)[C@@]2(C)C(=C)C(=C)C(=O)C=C12.